The highest BCUT2D eigenvalue weighted by atomic mass is 16.2. The van der Waals surface area contributed by atoms with E-state index in [1.807, 2.05) is 47.3 Å². The van der Waals surface area contributed by atoms with Crippen LogP contribution in [0.4, 0.5) is 11.4 Å². The molecule has 0 unspecified atom stereocenters. The highest BCUT2D eigenvalue weighted by Gasteiger charge is 2.13. The van der Waals surface area contributed by atoms with Gasteiger partial charge in [-0.05, 0) is 30.3 Å². The number of hydrogen-bond donors (Lipinski definition) is 2. The van der Waals surface area contributed by atoms with Crippen molar-refractivity contribution in [3.8, 4) is 5.69 Å². The van der Waals surface area contributed by atoms with Crippen LogP contribution in [0.15, 0.2) is 42.7 Å². The summed E-state index contributed by atoms with van der Waals surface area (Å²) in [7, 11) is 0. The van der Waals surface area contributed by atoms with Gasteiger partial charge in [-0.1, -0.05) is 0 Å². The van der Waals surface area contributed by atoms with E-state index in [0.717, 1.165) is 17.1 Å². The zero-order valence-corrected chi connectivity index (χ0v) is 8.60. The van der Waals surface area contributed by atoms with Crippen LogP contribution in [0.2, 0.25) is 0 Å². The lowest BCUT2D eigenvalue weighted by atomic mass is 10.2. The van der Waals surface area contributed by atoms with Gasteiger partial charge in [0.15, 0.2) is 0 Å². The minimum absolute atomic E-state index is 0.00112. The van der Waals surface area contributed by atoms with E-state index in [1.54, 1.807) is 0 Å². The van der Waals surface area contributed by atoms with Gasteiger partial charge in [0, 0.05) is 18.1 Å². The molecule has 0 aliphatic carbocycles. The second kappa shape index (κ2) is 3.41. The number of anilines is 2. The summed E-state index contributed by atoms with van der Waals surface area (Å²) in [5.41, 5.74) is 2.88. The number of benzene rings is 1. The molecule has 4 heteroatoms. The second-order valence-corrected chi connectivity index (χ2v) is 3.72. The van der Waals surface area contributed by atoms with Crippen LogP contribution in [0, 0.1) is 0 Å². The molecule has 0 radical (unpaired) electrons. The average Bonchev–Trinajstić information content (AvgIpc) is 2.82. The standard InChI is InChI=1S/C12H11N3O/c16-12-8-13-11-7-9(3-4-10(11)14-12)15-5-1-2-6-15/h1-7,13H,8H2,(H,14,16). The van der Waals surface area contributed by atoms with E-state index in [-0.39, 0.29) is 5.91 Å². The summed E-state index contributed by atoms with van der Waals surface area (Å²) in [4.78, 5) is 11.2. The molecule has 2 N–H and O–H groups in total. The van der Waals surface area contributed by atoms with Crippen molar-refractivity contribution < 1.29 is 4.79 Å². The minimum atomic E-state index is 0.00112. The summed E-state index contributed by atoms with van der Waals surface area (Å²) < 4.78 is 2.03. The smallest absolute Gasteiger partial charge is 0.243 e. The topological polar surface area (TPSA) is 46.1 Å². The predicted molar refractivity (Wildman–Crippen MR) is 62.9 cm³/mol. The Morgan fingerprint density at radius 3 is 2.75 bits per heavy atom. The number of carbonyl (C=O) groups excluding carboxylic acids is 1. The molecule has 0 saturated carbocycles. The lowest BCUT2D eigenvalue weighted by molar-refractivity contribution is -0.114. The molecule has 1 aromatic carbocycles. The lowest BCUT2D eigenvalue weighted by Crippen LogP contribution is -2.27. The highest BCUT2D eigenvalue weighted by Crippen LogP contribution is 2.27. The van der Waals surface area contributed by atoms with Crippen molar-refractivity contribution in [1.29, 1.82) is 0 Å². The molecule has 0 fully saturated rings. The molecular weight excluding hydrogens is 202 g/mol. The van der Waals surface area contributed by atoms with Crippen molar-refractivity contribution >= 4 is 17.3 Å². The second-order valence-electron chi connectivity index (χ2n) is 3.72. The summed E-state index contributed by atoms with van der Waals surface area (Å²) in [5.74, 6) is 0.00112. The van der Waals surface area contributed by atoms with E-state index in [1.165, 1.54) is 0 Å². The maximum Gasteiger partial charge on any atom is 0.243 e. The van der Waals surface area contributed by atoms with E-state index in [4.69, 9.17) is 0 Å². The van der Waals surface area contributed by atoms with Crippen molar-refractivity contribution in [3.63, 3.8) is 0 Å². The maximum atomic E-state index is 11.2. The Balaban J connectivity index is 2.03. The third-order valence-corrected chi connectivity index (χ3v) is 2.62. The first-order valence-electron chi connectivity index (χ1n) is 5.14. The number of nitrogens with one attached hydrogen (secondary N) is 2. The van der Waals surface area contributed by atoms with Gasteiger partial charge in [0.25, 0.3) is 0 Å². The van der Waals surface area contributed by atoms with E-state index in [0.29, 0.717) is 6.54 Å². The van der Waals surface area contributed by atoms with Crippen LogP contribution >= 0.6 is 0 Å². The Hall–Kier alpha value is -2.23. The van der Waals surface area contributed by atoms with Crippen molar-refractivity contribution in [1.82, 2.24) is 4.57 Å². The van der Waals surface area contributed by atoms with Crippen LogP contribution < -0.4 is 10.6 Å². The zero-order chi connectivity index (χ0) is 11.0. The fourth-order valence-corrected chi connectivity index (χ4v) is 1.82. The molecular formula is C12H11N3O. The number of amides is 1. The average molecular weight is 213 g/mol. The van der Waals surface area contributed by atoms with Crippen LogP contribution in [-0.4, -0.2) is 17.0 Å². The van der Waals surface area contributed by atoms with Crippen molar-refractivity contribution in [2.24, 2.45) is 0 Å². The van der Waals surface area contributed by atoms with Crippen LogP contribution in [0.5, 0.6) is 0 Å². The van der Waals surface area contributed by atoms with Gasteiger partial charge in [-0.15, -0.1) is 0 Å². The Kier molecular flexibility index (Phi) is 1.93. The monoisotopic (exact) mass is 213 g/mol. The SMILES string of the molecule is O=C1CNc2cc(-n3cccc3)ccc2N1. The van der Waals surface area contributed by atoms with Crippen LogP contribution in [0.1, 0.15) is 0 Å². The molecule has 1 amide bonds. The van der Waals surface area contributed by atoms with Gasteiger partial charge < -0.3 is 15.2 Å². The van der Waals surface area contributed by atoms with E-state index in [2.05, 4.69) is 10.6 Å². The molecule has 80 valence electrons. The van der Waals surface area contributed by atoms with Gasteiger partial charge in [0.2, 0.25) is 5.91 Å². The molecule has 16 heavy (non-hydrogen) atoms. The Morgan fingerprint density at radius 2 is 1.94 bits per heavy atom. The van der Waals surface area contributed by atoms with Gasteiger partial charge in [-0.3, -0.25) is 4.79 Å². The number of hydrogen-bond acceptors (Lipinski definition) is 2. The molecule has 1 aliphatic rings. The normalized spacial score (nSPS) is 13.9. The first kappa shape index (κ1) is 9.03. The molecule has 3 rings (SSSR count). The number of rotatable bonds is 1. The van der Waals surface area contributed by atoms with Crippen LogP contribution in [-0.2, 0) is 4.79 Å². The van der Waals surface area contributed by atoms with Crippen molar-refractivity contribution in [2.75, 3.05) is 17.2 Å². The molecule has 2 heterocycles. The number of aromatic nitrogens is 1. The fourth-order valence-electron chi connectivity index (χ4n) is 1.82. The Labute approximate surface area is 92.9 Å². The van der Waals surface area contributed by atoms with E-state index >= 15 is 0 Å². The molecule has 1 aromatic heterocycles. The lowest BCUT2D eigenvalue weighted by Gasteiger charge is -2.19. The van der Waals surface area contributed by atoms with E-state index in [9.17, 15) is 4.79 Å². The third kappa shape index (κ3) is 1.44. The van der Waals surface area contributed by atoms with Gasteiger partial charge >= 0.3 is 0 Å². The third-order valence-electron chi connectivity index (χ3n) is 2.62. The van der Waals surface area contributed by atoms with Gasteiger partial charge in [-0.25, -0.2) is 0 Å². The van der Waals surface area contributed by atoms with Crippen molar-refractivity contribution in [3.05, 3.63) is 42.7 Å². The Morgan fingerprint density at radius 1 is 1.12 bits per heavy atom. The Bertz CT molecular complexity index is 531. The minimum Gasteiger partial charge on any atom is -0.374 e. The van der Waals surface area contributed by atoms with Gasteiger partial charge in [0.1, 0.15) is 0 Å². The quantitative estimate of drug-likeness (QED) is 0.759. The summed E-state index contributed by atoms with van der Waals surface area (Å²) in [6.07, 6.45) is 3.98. The number of fused-ring (bicyclic) bond motifs is 1. The molecule has 2 aromatic rings. The molecule has 0 spiro atoms. The van der Waals surface area contributed by atoms with Gasteiger partial charge in [-0.2, -0.15) is 0 Å². The molecule has 1 aliphatic heterocycles. The summed E-state index contributed by atoms with van der Waals surface area (Å²) in [6, 6.07) is 9.87. The predicted octanol–water partition coefficient (Wildman–Crippen LogP) is 1.84. The summed E-state index contributed by atoms with van der Waals surface area (Å²) in [6.45, 7) is 0.335. The highest BCUT2D eigenvalue weighted by molar-refractivity contribution is 6.00. The van der Waals surface area contributed by atoms with Crippen LogP contribution in [0.3, 0.4) is 0 Å². The first-order valence-corrected chi connectivity index (χ1v) is 5.14. The molecule has 4 nitrogen and oxygen atoms in total. The zero-order valence-electron chi connectivity index (χ0n) is 8.60. The fraction of sp³-hybridized carbons (Fsp3) is 0.0833. The van der Waals surface area contributed by atoms with Crippen molar-refractivity contribution in [2.45, 2.75) is 0 Å². The summed E-state index contributed by atoms with van der Waals surface area (Å²) in [5, 5.41) is 5.91. The summed E-state index contributed by atoms with van der Waals surface area (Å²) >= 11 is 0. The molecule has 0 saturated heterocycles. The number of nitrogens with zero attached hydrogens (tertiary/aromatic N) is 1. The van der Waals surface area contributed by atoms with Gasteiger partial charge in [0.05, 0.1) is 17.9 Å². The molecule has 0 bridgehead atoms. The van der Waals surface area contributed by atoms with Crippen LogP contribution in [0.25, 0.3) is 5.69 Å². The number of carbonyl (C=O) groups is 1. The van der Waals surface area contributed by atoms with E-state index < -0.39 is 0 Å². The first-order chi connectivity index (χ1) is 7.83. The maximum absolute atomic E-state index is 11.2. The molecule has 0 atom stereocenters. The largest absolute Gasteiger partial charge is 0.374 e.